The first-order chi connectivity index (χ1) is 9.85. The zero-order valence-electron chi connectivity index (χ0n) is 11.8. The van der Waals surface area contributed by atoms with Gasteiger partial charge in [0, 0.05) is 17.4 Å². The van der Waals surface area contributed by atoms with Crippen molar-refractivity contribution in [3.05, 3.63) is 42.3 Å². The van der Waals surface area contributed by atoms with Crippen molar-refractivity contribution in [2.45, 2.75) is 24.6 Å². The summed E-state index contributed by atoms with van der Waals surface area (Å²) in [6, 6.07) is 8.32. The van der Waals surface area contributed by atoms with Gasteiger partial charge in [-0.05, 0) is 19.0 Å². The maximum Gasteiger partial charge on any atom is 0.255 e. The number of nitrogens with one attached hydrogen (secondary N) is 1. The molecule has 5 heteroatoms. The smallest absolute Gasteiger partial charge is 0.255 e. The van der Waals surface area contributed by atoms with Gasteiger partial charge in [-0.2, -0.15) is 0 Å². The molecule has 2 rings (SSSR count). The number of thioether (sulfide) groups is 1. The zero-order chi connectivity index (χ0) is 14.2. The Hall–Kier alpha value is -1.46. The van der Waals surface area contributed by atoms with E-state index in [1.54, 1.807) is 31.3 Å². The molecule has 1 aromatic heterocycles. The molecule has 0 aliphatic rings. The highest BCUT2D eigenvalue weighted by Gasteiger charge is 2.16. The molecule has 20 heavy (non-hydrogen) atoms. The molecule has 1 aromatic carbocycles. The third-order valence-corrected chi connectivity index (χ3v) is 3.89. The number of hydrogen-bond donors (Lipinski definition) is 1. The van der Waals surface area contributed by atoms with Crippen LogP contribution in [0.5, 0.6) is 5.75 Å². The van der Waals surface area contributed by atoms with Crippen LogP contribution in [0.25, 0.3) is 0 Å². The molecule has 1 N–H and O–H groups in total. The minimum atomic E-state index is 0.211. The van der Waals surface area contributed by atoms with Crippen molar-refractivity contribution < 1.29 is 9.15 Å². The quantitative estimate of drug-likeness (QED) is 0.754. The molecule has 2 aromatic rings. The van der Waals surface area contributed by atoms with E-state index in [1.807, 2.05) is 18.2 Å². The Kier molecular flexibility index (Phi) is 5.95. The number of aromatic nitrogens is 1. The van der Waals surface area contributed by atoms with Crippen LogP contribution in [0.2, 0.25) is 0 Å². The molecule has 1 unspecified atom stereocenters. The molecule has 4 nitrogen and oxygen atoms in total. The lowest BCUT2D eigenvalue weighted by Crippen LogP contribution is -2.24. The van der Waals surface area contributed by atoms with Crippen LogP contribution in [0.3, 0.4) is 0 Å². The molecule has 1 heterocycles. The van der Waals surface area contributed by atoms with Crippen LogP contribution in [-0.2, 0) is 0 Å². The largest absolute Gasteiger partial charge is 0.496 e. The number of rotatable bonds is 8. The maximum absolute atomic E-state index is 5.45. The number of ether oxygens (including phenoxy) is 1. The first-order valence-corrected chi connectivity index (χ1v) is 7.72. The molecule has 0 aliphatic heterocycles. The summed E-state index contributed by atoms with van der Waals surface area (Å²) in [6.45, 7) is 3.13. The highest BCUT2D eigenvalue weighted by atomic mass is 32.2. The second-order valence-electron chi connectivity index (χ2n) is 4.36. The van der Waals surface area contributed by atoms with Crippen molar-refractivity contribution in [3.8, 4) is 5.75 Å². The number of benzene rings is 1. The fraction of sp³-hybridized carbons (Fsp3) is 0.400. The van der Waals surface area contributed by atoms with Gasteiger partial charge in [-0.3, -0.25) is 0 Å². The van der Waals surface area contributed by atoms with Crippen LogP contribution >= 0.6 is 11.8 Å². The lowest BCUT2D eigenvalue weighted by atomic mass is 10.1. The van der Waals surface area contributed by atoms with Crippen molar-refractivity contribution in [2.75, 3.05) is 19.4 Å². The molecule has 0 radical (unpaired) electrons. The number of nitrogens with zero attached hydrogens (tertiary/aromatic N) is 1. The second kappa shape index (κ2) is 7.97. The molecular weight excluding hydrogens is 272 g/mol. The summed E-state index contributed by atoms with van der Waals surface area (Å²) in [7, 11) is 1.71. The standard InChI is InChI=1S/C15H20N2O2S/c1-3-8-16-13(11-20-15-17-9-10-19-15)12-6-4-5-7-14(12)18-2/h4-7,9-10,13,16H,3,8,11H2,1-2H3. The molecule has 0 amide bonds. The third kappa shape index (κ3) is 4.02. The highest BCUT2D eigenvalue weighted by Crippen LogP contribution is 2.29. The van der Waals surface area contributed by atoms with E-state index < -0.39 is 0 Å². The molecule has 0 fully saturated rings. The van der Waals surface area contributed by atoms with Gasteiger partial charge in [0.05, 0.1) is 13.3 Å². The first kappa shape index (κ1) is 14.9. The Morgan fingerprint density at radius 2 is 2.25 bits per heavy atom. The van der Waals surface area contributed by atoms with E-state index in [0.29, 0.717) is 5.22 Å². The Morgan fingerprint density at radius 3 is 2.95 bits per heavy atom. The highest BCUT2D eigenvalue weighted by molar-refractivity contribution is 7.99. The second-order valence-corrected chi connectivity index (χ2v) is 5.33. The topological polar surface area (TPSA) is 47.3 Å². The Labute approximate surface area is 123 Å². The van der Waals surface area contributed by atoms with Gasteiger partial charge in [-0.15, -0.1) is 0 Å². The molecular formula is C15H20N2O2S. The Bertz CT molecular complexity index is 502. The van der Waals surface area contributed by atoms with Crippen molar-refractivity contribution in [1.82, 2.24) is 10.3 Å². The minimum absolute atomic E-state index is 0.211. The van der Waals surface area contributed by atoms with E-state index in [0.717, 1.165) is 24.5 Å². The van der Waals surface area contributed by atoms with Gasteiger partial charge in [0.1, 0.15) is 12.0 Å². The normalized spacial score (nSPS) is 12.3. The fourth-order valence-corrected chi connectivity index (χ4v) is 2.83. The van der Waals surface area contributed by atoms with Crippen molar-refractivity contribution in [2.24, 2.45) is 0 Å². The molecule has 0 bridgehead atoms. The Morgan fingerprint density at radius 1 is 1.40 bits per heavy atom. The average Bonchev–Trinajstić information content (AvgIpc) is 3.01. The Balaban J connectivity index is 2.09. The average molecular weight is 292 g/mol. The van der Waals surface area contributed by atoms with Crippen LogP contribution < -0.4 is 10.1 Å². The van der Waals surface area contributed by atoms with E-state index in [-0.39, 0.29) is 6.04 Å². The fourth-order valence-electron chi connectivity index (χ4n) is 1.97. The van der Waals surface area contributed by atoms with E-state index in [1.165, 1.54) is 5.56 Å². The molecule has 0 spiro atoms. The van der Waals surface area contributed by atoms with Crippen molar-refractivity contribution in [1.29, 1.82) is 0 Å². The van der Waals surface area contributed by atoms with Gasteiger partial charge in [0.25, 0.3) is 5.22 Å². The molecule has 0 saturated carbocycles. The maximum atomic E-state index is 5.45. The van der Waals surface area contributed by atoms with Crippen LogP contribution in [0.1, 0.15) is 24.9 Å². The zero-order valence-corrected chi connectivity index (χ0v) is 12.7. The summed E-state index contributed by atoms with van der Waals surface area (Å²) in [5, 5.41) is 4.25. The van der Waals surface area contributed by atoms with Crippen LogP contribution in [-0.4, -0.2) is 24.4 Å². The van der Waals surface area contributed by atoms with Gasteiger partial charge in [0.2, 0.25) is 0 Å². The SMILES string of the molecule is CCCNC(CSc1ncco1)c1ccccc1OC. The summed E-state index contributed by atoms with van der Waals surface area (Å²) in [5.74, 6) is 1.76. The van der Waals surface area contributed by atoms with Gasteiger partial charge in [0.15, 0.2) is 0 Å². The number of oxazole rings is 1. The van der Waals surface area contributed by atoms with Gasteiger partial charge < -0.3 is 14.5 Å². The number of hydrogen-bond acceptors (Lipinski definition) is 5. The summed E-state index contributed by atoms with van der Waals surface area (Å²) in [5.41, 5.74) is 1.17. The molecule has 108 valence electrons. The monoisotopic (exact) mass is 292 g/mol. The van der Waals surface area contributed by atoms with E-state index in [4.69, 9.17) is 9.15 Å². The lowest BCUT2D eigenvalue weighted by Gasteiger charge is -2.20. The van der Waals surface area contributed by atoms with E-state index in [2.05, 4.69) is 23.3 Å². The third-order valence-electron chi connectivity index (χ3n) is 2.94. The first-order valence-electron chi connectivity index (χ1n) is 6.73. The summed E-state index contributed by atoms with van der Waals surface area (Å²) < 4.78 is 10.7. The van der Waals surface area contributed by atoms with E-state index in [9.17, 15) is 0 Å². The predicted molar refractivity (Wildman–Crippen MR) is 81.3 cm³/mol. The van der Waals surface area contributed by atoms with Gasteiger partial charge in [-0.25, -0.2) is 4.98 Å². The summed E-state index contributed by atoms with van der Waals surface area (Å²) >= 11 is 1.60. The number of para-hydroxylation sites is 1. The summed E-state index contributed by atoms with van der Waals surface area (Å²) in [4.78, 5) is 4.14. The summed E-state index contributed by atoms with van der Waals surface area (Å²) in [6.07, 6.45) is 4.36. The van der Waals surface area contributed by atoms with Crippen LogP contribution in [0.15, 0.2) is 46.4 Å². The van der Waals surface area contributed by atoms with Gasteiger partial charge >= 0.3 is 0 Å². The number of methoxy groups -OCH3 is 1. The lowest BCUT2D eigenvalue weighted by molar-refractivity contribution is 0.402. The predicted octanol–water partition coefficient (Wildman–Crippen LogP) is 3.52. The minimum Gasteiger partial charge on any atom is -0.496 e. The van der Waals surface area contributed by atoms with Gasteiger partial charge in [-0.1, -0.05) is 36.9 Å². The van der Waals surface area contributed by atoms with E-state index >= 15 is 0 Å². The molecule has 0 saturated heterocycles. The van der Waals surface area contributed by atoms with Crippen molar-refractivity contribution >= 4 is 11.8 Å². The molecule has 0 aliphatic carbocycles. The van der Waals surface area contributed by atoms with Crippen molar-refractivity contribution in [3.63, 3.8) is 0 Å². The molecule has 1 atom stereocenters. The van der Waals surface area contributed by atoms with Crippen LogP contribution in [0, 0.1) is 0 Å². The van der Waals surface area contributed by atoms with Crippen LogP contribution in [0.4, 0.5) is 0 Å².